The van der Waals surface area contributed by atoms with E-state index < -0.39 is 11.9 Å². The number of methoxy groups -OCH3 is 4. The predicted octanol–water partition coefficient (Wildman–Crippen LogP) is 0.659. The van der Waals surface area contributed by atoms with Gasteiger partial charge in [-0.25, -0.2) is 39.5 Å². The van der Waals surface area contributed by atoms with Gasteiger partial charge in [-0.15, -0.1) is 0 Å². The molecule has 14 heteroatoms. The average Bonchev–Trinajstić information content (AvgIpc) is 2.84. The molecule has 0 amide bonds. The van der Waals surface area contributed by atoms with Gasteiger partial charge in [-0.05, 0) is 0 Å². The van der Waals surface area contributed by atoms with Gasteiger partial charge >= 0.3 is 11.9 Å². The van der Waals surface area contributed by atoms with E-state index in [2.05, 4.69) is 44.7 Å². The SMILES string of the molecule is COC(=O)c1nc(OC)cnc1N.COC(=O)c1nc(OC)cnc1Nc1cncnc1. The number of nitrogens with zero attached hydrogens (tertiary/aromatic N) is 6. The van der Waals surface area contributed by atoms with Crippen molar-refractivity contribution in [2.75, 3.05) is 39.5 Å². The van der Waals surface area contributed by atoms with Crippen LogP contribution in [0.25, 0.3) is 0 Å². The highest BCUT2D eigenvalue weighted by Gasteiger charge is 2.17. The number of nitrogens with one attached hydrogen (secondary N) is 1. The normalized spacial score (nSPS) is 9.62. The minimum absolute atomic E-state index is 0.0192. The Morgan fingerprint density at radius 2 is 1.34 bits per heavy atom. The highest BCUT2D eigenvalue weighted by atomic mass is 16.5. The number of carbonyl (C=O) groups excluding carboxylic acids is 2. The van der Waals surface area contributed by atoms with Crippen molar-refractivity contribution in [1.82, 2.24) is 29.9 Å². The first-order valence-corrected chi connectivity index (χ1v) is 8.69. The largest absolute Gasteiger partial charge is 0.480 e. The quantitative estimate of drug-likeness (QED) is 0.505. The van der Waals surface area contributed by atoms with Crippen molar-refractivity contribution in [3.8, 4) is 11.8 Å². The molecule has 0 aliphatic carbocycles. The second-order valence-corrected chi connectivity index (χ2v) is 5.49. The van der Waals surface area contributed by atoms with Crippen LogP contribution in [0.2, 0.25) is 0 Å². The Labute approximate surface area is 182 Å². The number of esters is 2. The zero-order chi connectivity index (χ0) is 23.5. The van der Waals surface area contributed by atoms with Crippen molar-refractivity contribution in [3.05, 3.63) is 42.5 Å². The third-order valence-corrected chi connectivity index (χ3v) is 3.53. The fourth-order valence-electron chi connectivity index (χ4n) is 2.03. The van der Waals surface area contributed by atoms with Crippen LogP contribution < -0.4 is 20.5 Å². The van der Waals surface area contributed by atoms with Gasteiger partial charge in [0, 0.05) is 0 Å². The van der Waals surface area contributed by atoms with Gasteiger partial charge in [-0.1, -0.05) is 0 Å². The number of ether oxygens (including phenoxy) is 4. The van der Waals surface area contributed by atoms with Crippen LogP contribution in [0.3, 0.4) is 0 Å². The van der Waals surface area contributed by atoms with Gasteiger partial charge in [0.25, 0.3) is 0 Å². The molecule has 3 aromatic heterocycles. The maximum atomic E-state index is 11.6. The molecule has 3 rings (SSSR count). The van der Waals surface area contributed by atoms with Crippen molar-refractivity contribution in [2.24, 2.45) is 0 Å². The number of rotatable bonds is 6. The molecule has 3 heterocycles. The number of aromatic nitrogens is 6. The van der Waals surface area contributed by atoms with E-state index in [1.807, 2.05) is 0 Å². The molecule has 0 radical (unpaired) electrons. The first-order chi connectivity index (χ1) is 15.4. The number of anilines is 3. The number of hydrogen-bond acceptors (Lipinski definition) is 14. The molecule has 0 spiro atoms. The third-order valence-electron chi connectivity index (χ3n) is 3.53. The summed E-state index contributed by atoms with van der Waals surface area (Å²) in [5, 5.41) is 2.88. The fourth-order valence-corrected chi connectivity index (χ4v) is 2.03. The van der Waals surface area contributed by atoms with Crippen molar-refractivity contribution in [1.29, 1.82) is 0 Å². The molecule has 0 unspecified atom stereocenters. The molecule has 3 aromatic rings. The smallest absolute Gasteiger partial charge is 0.360 e. The molecule has 0 saturated carbocycles. The summed E-state index contributed by atoms with van der Waals surface area (Å²) in [4.78, 5) is 45.9. The summed E-state index contributed by atoms with van der Waals surface area (Å²) in [5.74, 6) is -0.561. The van der Waals surface area contributed by atoms with Crippen molar-refractivity contribution < 1.29 is 28.5 Å². The van der Waals surface area contributed by atoms with Gasteiger partial charge in [-0.3, -0.25) is 0 Å². The number of hydrogen-bond donors (Lipinski definition) is 2. The molecule has 0 aliphatic heterocycles. The lowest BCUT2D eigenvalue weighted by Crippen LogP contribution is -2.11. The average molecular weight is 444 g/mol. The minimum atomic E-state index is -0.635. The lowest BCUT2D eigenvalue weighted by atomic mass is 10.4. The second-order valence-electron chi connectivity index (χ2n) is 5.49. The third kappa shape index (κ3) is 6.19. The van der Waals surface area contributed by atoms with Gasteiger partial charge in [0.05, 0.1) is 58.9 Å². The van der Waals surface area contributed by atoms with Crippen LogP contribution >= 0.6 is 0 Å². The number of nitrogen functional groups attached to an aromatic ring is 1. The number of carbonyl (C=O) groups is 2. The zero-order valence-electron chi connectivity index (χ0n) is 17.6. The minimum Gasteiger partial charge on any atom is -0.480 e. The molecule has 3 N–H and O–H groups in total. The van der Waals surface area contributed by atoms with E-state index in [-0.39, 0.29) is 34.8 Å². The van der Waals surface area contributed by atoms with Crippen molar-refractivity contribution in [2.45, 2.75) is 0 Å². The molecule has 0 bridgehead atoms. The van der Waals surface area contributed by atoms with Gasteiger partial charge in [0.15, 0.2) is 23.0 Å². The summed E-state index contributed by atoms with van der Waals surface area (Å²) in [5.41, 5.74) is 5.95. The monoisotopic (exact) mass is 444 g/mol. The Kier molecular flexibility index (Phi) is 8.53. The molecular weight excluding hydrogens is 424 g/mol. The van der Waals surface area contributed by atoms with E-state index >= 15 is 0 Å². The summed E-state index contributed by atoms with van der Waals surface area (Å²) < 4.78 is 18.8. The zero-order valence-corrected chi connectivity index (χ0v) is 17.6. The highest BCUT2D eigenvalue weighted by molar-refractivity contribution is 5.93. The Morgan fingerprint density at radius 1 is 0.812 bits per heavy atom. The van der Waals surface area contributed by atoms with Crippen LogP contribution in [0.5, 0.6) is 11.8 Å². The van der Waals surface area contributed by atoms with Crippen molar-refractivity contribution >= 4 is 29.3 Å². The molecule has 0 aromatic carbocycles. The lowest BCUT2D eigenvalue weighted by Gasteiger charge is -2.09. The predicted molar refractivity (Wildman–Crippen MR) is 110 cm³/mol. The standard InChI is InChI=1S/C11H11N5O3.C7H9N3O3/c1-18-8-5-14-10(9(16-8)11(17)19-2)15-7-3-12-6-13-4-7;1-12-4-3-9-6(8)5(10-4)7(11)13-2/h3-6H,1-2H3,(H,14,15);3H,1-2H3,(H2,8,9). The van der Waals surface area contributed by atoms with Crippen LogP contribution in [0.4, 0.5) is 17.3 Å². The Morgan fingerprint density at radius 3 is 1.91 bits per heavy atom. The van der Waals surface area contributed by atoms with Crippen molar-refractivity contribution in [3.63, 3.8) is 0 Å². The van der Waals surface area contributed by atoms with Crippen LogP contribution in [-0.4, -0.2) is 70.3 Å². The lowest BCUT2D eigenvalue weighted by molar-refractivity contribution is 0.0585. The first-order valence-electron chi connectivity index (χ1n) is 8.69. The maximum Gasteiger partial charge on any atom is 0.360 e. The second kappa shape index (κ2) is 11.5. The van der Waals surface area contributed by atoms with E-state index in [1.54, 1.807) is 12.4 Å². The van der Waals surface area contributed by atoms with Crippen LogP contribution in [0.1, 0.15) is 21.0 Å². The molecular formula is C18H20N8O6. The van der Waals surface area contributed by atoms with Crippen LogP contribution in [-0.2, 0) is 9.47 Å². The summed E-state index contributed by atoms with van der Waals surface area (Å²) in [7, 11) is 5.35. The Bertz CT molecular complexity index is 1070. The highest BCUT2D eigenvalue weighted by Crippen LogP contribution is 2.19. The summed E-state index contributed by atoms with van der Waals surface area (Å²) in [6, 6.07) is 0. The Balaban J connectivity index is 0.000000244. The molecule has 0 aliphatic rings. The van der Waals surface area contributed by atoms with E-state index in [0.29, 0.717) is 5.69 Å². The molecule has 32 heavy (non-hydrogen) atoms. The molecule has 0 saturated heterocycles. The molecule has 168 valence electrons. The first kappa shape index (κ1) is 23.7. The van der Waals surface area contributed by atoms with E-state index in [1.165, 1.54) is 47.2 Å². The summed E-state index contributed by atoms with van der Waals surface area (Å²) >= 11 is 0. The topological polar surface area (TPSA) is 186 Å². The maximum absolute atomic E-state index is 11.6. The van der Waals surface area contributed by atoms with Gasteiger partial charge in [-0.2, -0.15) is 0 Å². The van der Waals surface area contributed by atoms with Gasteiger partial charge in [0.1, 0.15) is 6.33 Å². The fraction of sp³-hybridized carbons (Fsp3) is 0.222. The van der Waals surface area contributed by atoms with E-state index in [9.17, 15) is 9.59 Å². The molecule has 14 nitrogen and oxygen atoms in total. The van der Waals surface area contributed by atoms with E-state index in [4.69, 9.17) is 15.2 Å². The van der Waals surface area contributed by atoms with E-state index in [0.717, 1.165) is 0 Å². The van der Waals surface area contributed by atoms with Gasteiger partial charge < -0.3 is 30.0 Å². The summed E-state index contributed by atoms with van der Waals surface area (Å²) in [6.45, 7) is 0. The summed E-state index contributed by atoms with van der Waals surface area (Å²) in [6.07, 6.45) is 7.19. The van der Waals surface area contributed by atoms with Crippen LogP contribution in [0.15, 0.2) is 31.1 Å². The number of nitrogens with two attached hydrogens (primary N) is 1. The Hall–Kier alpha value is -4.62. The molecule has 0 fully saturated rings. The van der Waals surface area contributed by atoms with Gasteiger partial charge in [0.2, 0.25) is 11.8 Å². The van der Waals surface area contributed by atoms with Crippen LogP contribution in [0, 0.1) is 0 Å². The molecule has 0 atom stereocenters.